The minimum atomic E-state index is 0.0415. The molecule has 1 aromatic rings. The van der Waals surface area contributed by atoms with E-state index in [9.17, 15) is 4.79 Å². The van der Waals surface area contributed by atoms with Crippen LogP contribution in [0.3, 0.4) is 0 Å². The molecule has 3 N–H and O–H groups in total. The number of hydrogen-bond acceptors (Lipinski definition) is 2. The largest absolute Gasteiger partial charge is 0.330 e. The molecule has 0 fully saturated rings. The summed E-state index contributed by atoms with van der Waals surface area (Å²) in [7, 11) is 0. The number of fused-ring (bicyclic) bond motifs is 1. The Morgan fingerprint density at radius 1 is 1.57 bits per heavy atom. The van der Waals surface area contributed by atoms with Gasteiger partial charge in [0.05, 0.1) is 5.69 Å². The van der Waals surface area contributed by atoms with Crippen LogP contribution in [-0.2, 0) is 4.79 Å². The lowest BCUT2D eigenvalue weighted by Crippen LogP contribution is -2.27. The third-order valence-corrected chi connectivity index (χ3v) is 3.13. The molecular formula is C10H11BrN2O. The predicted octanol–water partition coefficient (Wildman–Crippen LogP) is 1.83. The quantitative estimate of drug-likeness (QED) is 0.804. The molecule has 0 saturated carbocycles. The van der Waals surface area contributed by atoms with Gasteiger partial charge >= 0.3 is 0 Å². The lowest BCUT2D eigenvalue weighted by atomic mass is 9.91. The van der Waals surface area contributed by atoms with Crippen LogP contribution in [-0.4, -0.2) is 12.5 Å². The van der Waals surface area contributed by atoms with Crippen molar-refractivity contribution >= 4 is 27.5 Å². The van der Waals surface area contributed by atoms with Gasteiger partial charge in [-0.3, -0.25) is 4.79 Å². The van der Waals surface area contributed by atoms with Crippen molar-refractivity contribution in [2.24, 2.45) is 5.73 Å². The number of anilines is 1. The van der Waals surface area contributed by atoms with Crippen LogP contribution in [0.5, 0.6) is 0 Å². The Balaban J connectivity index is 2.50. The highest BCUT2D eigenvalue weighted by molar-refractivity contribution is 9.10. The molecule has 0 bridgehead atoms. The van der Waals surface area contributed by atoms with Crippen molar-refractivity contribution in [2.45, 2.75) is 12.3 Å². The first-order chi connectivity index (χ1) is 6.72. The summed E-state index contributed by atoms with van der Waals surface area (Å²) in [4.78, 5) is 11.4. The highest BCUT2D eigenvalue weighted by Crippen LogP contribution is 2.36. The fourth-order valence-electron chi connectivity index (χ4n) is 1.75. The van der Waals surface area contributed by atoms with E-state index in [0.717, 1.165) is 15.7 Å². The third kappa shape index (κ3) is 1.55. The number of benzene rings is 1. The Bertz CT molecular complexity index is 378. The Morgan fingerprint density at radius 2 is 2.36 bits per heavy atom. The van der Waals surface area contributed by atoms with Gasteiger partial charge in [0, 0.05) is 16.8 Å². The smallest absolute Gasteiger partial charge is 0.225 e. The van der Waals surface area contributed by atoms with Crippen molar-refractivity contribution in [3.63, 3.8) is 0 Å². The van der Waals surface area contributed by atoms with Gasteiger partial charge in [-0.15, -0.1) is 0 Å². The topological polar surface area (TPSA) is 55.1 Å². The Morgan fingerprint density at radius 3 is 3.07 bits per heavy atom. The number of para-hydroxylation sites is 1. The normalized spacial score (nSPS) is 20.1. The average Bonchev–Trinajstić information content (AvgIpc) is 2.18. The number of carbonyl (C=O) groups excluding carboxylic acids is 1. The van der Waals surface area contributed by atoms with Crippen molar-refractivity contribution in [1.29, 1.82) is 0 Å². The van der Waals surface area contributed by atoms with E-state index in [1.54, 1.807) is 0 Å². The van der Waals surface area contributed by atoms with E-state index in [1.807, 2.05) is 18.2 Å². The first-order valence-electron chi connectivity index (χ1n) is 4.50. The van der Waals surface area contributed by atoms with Crippen molar-refractivity contribution in [3.8, 4) is 0 Å². The molecule has 0 radical (unpaired) electrons. The van der Waals surface area contributed by atoms with Gasteiger partial charge in [-0.05, 0) is 34.1 Å². The summed E-state index contributed by atoms with van der Waals surface area (Å²) in [6.07, 6.45) is 0.486. The maximum absolute atomic E-state index is 11.4. The van der Waals surface area contributed by atoms with Crippen LogP contribution in [0.15, 0.2) is 22.7 Å². The molecule has 1 unspecified atom stereocenters. The van der Waals surface area contributed by atoms with E-state index in [0.29, 0.717) is 13.0 Å². The number of rotatable bonds is 1. The molecule has 14 heavy (non-hydrogen) atoms. The van der Waals surface area contributed by atoms with Crippen molar-refractivity contribution in [2.75, 3.05) is 11.9 Å². The van der Waals surface area contributed by atoms with Crippen LogP contribution in [0.1, 0.15) is 17.9 Å². The van der Waals surface area contributed by atoms with Crippen molar-refractivity contribution in [3.05, 3.63) is 28.2 Å². The second-order valence-electron chi connectivity index (χ2n) is 3.39. The van der Waals surface area contributed by atoms with Crippen LogP contribution >= 0.6 is 15.9 Å². The summed E-state index contributed by atoms with van der Waals surface area (Å²) >= 11 is 3.41. The fourth-order valence-corrected chi connectivity index (χ4v) is 2.23. The molecule has 0 spiro atoms. The molecular weight excluding hydrogens is 244 g/mol. The lowest BCUT2D eigenvalue weighted by Gasteiger charge is -2.25. The molecule has 1 heterocycles. The molecule has 74 valence electrons. The number of carbonyl (C=O) groups is 1. The monoisotopic (exact) mass is 254 g/mol. The summed E-state index contributed by atoms with van der Waals surface area (Å²) in [6.45, 7) is 0.511. The molecule has 3 nitrogen and oxygen atoms in total. The Hall–Kier alpha value is -0.870. The molecule has 4 heteroatoms. The highest BCUT2D eigenvalue weighted by atomic mass is 79.9. The summed E-state index contributed by atoms with van der Waals surface area (Å²) in [6, 6.07) is 5.89. The van der Waals surface area contributed by atoms with Crippen LogP contribution in [0.4, 0.5) is 5.69 Å². The van der Waals surface area contributed by atoms with Crippen LogP contribution in [0, 0.1) is 0 Å². The predicted molar refractivity (Wildman–Crippen MR) is 59.2 cm³/mol. The van der Waals surface area contributed by atoms with E-state index < -0.39 is 0 Å². The maximum atomic E-state index is 11.4. The van der Waals surface area contributed by atoms with Crippen molar-refractivity contribution in [1.82, 2.24) is 0 Å². The number of nitrogens with two attached hydrogens (primary N) is 1. The van der Waals surface area contributed by atoms with Crippen molar-refractivity contribution < 1.29 is 4.79 Å². The molecule has 0 aliphatic carbocycles. The van der Waals surface area contributed by atoms with E-state index in [2.05, 4.69) is 21.2 Å². The van der Waals surface area contributed by atoms with Crippen LogP contribution in [0.2, 0.25) is 0 Å². The molecule has 1 aliphatic heterocycles. The van der Waals surface area contributed by atoms with Crippen LogP contribution < -0.4 is 11.1 Å². The van der Waals surface area contributed by atoms with E-state index >= 15 is 0 Å². The fraction of sp³-hybridized carbons (Fsp3) is 0.300. The van der Waals surface area contributed by atoms with Gasteiger partial charge in [0.2, 0.25) is 5.91 Å². The molecule has 1 aromatic carbocycles. The number of halogens is 1. The van der Waals surface area contributed by atoms with Gasteiger partial charge in [-0.1, -0.05) is 12.1 Å². The average molecular weight is 255 g/mol. The van der Waals surface area contributed by atoms with Gasteiger partial charge in [0.15, 0.2) is 0 Å². The lowest BCUT2D eigenvalue weighted by molar-refractivity contribution is -0.116. The molecule has 2 rings (SSSR count). The zero-order chi connectivity index (χ0) is 10.1. The van der Waals surface area contributed by atoms with Gasteiger partial charge in [0.1, 0.15) is 0 Å². The molecule has 1 amide bonds. The van der Waals surface area contributed by atoms with Gasteiger partial charge < -0.3 is 11.1 Å². The minimum absolute atomic E-state index is 0.0415. The summed E-state index contributed by atoms with van der Waals surface area (Å²) in [5.74, 6) is 0.191. The zero-order valence-electron chi connectivity index (χ0n) is 7.59. The SMILES string of the molecule is NCC1CC(=O)Nc2c(Br)cccc21. The minimum Gasteiger partial charge on any atom is -0.330 e. The van der Waals surface area contributed by atoms with Gasteiger partial charge in [-0.2, -0.15) is 0 Å². The van der Waals surface area contributed by atoms with E-state index in [-0.39, 0.29) is 11.8 Å². The van der Waals surface area contributed by atoms with Crippen LogP contribution in [0.25, 0.3) is 0 Å². The van der Waals surface area contributed by atoms with E-state index in [1.165, 1.54) is 0 Å². The number of hydrogen-bond donors (Lipinski definition) is 2. The second kappa shape index (κ2) is 3.71. The zero-order valence-corrected chi connectivity index (χ0v) is 9.17. The van der Waals surface area contributed by atoms with Gasteiger partial charge in [-0.25, -0.2) is 0 Å². The molecule has 1 atom stereocenters. The van der Waals surface area contributed by atoms with E-state index in [4.69, 9.17) is 5.73 Å². The molecule has 0 saturated heterocycles. The summed E-state index contributed by atoms with van der Waals surface area (Å²) in [5.41, 5.74) is 7.64. The number of nitrogens with one attached hydrogen (secondary N) is 1. The molecule has 1 aliphatic rings. The third-order valence-electron chi connectivity index (χ3n) is 2.47. The first kappa shape index (κ1) is 9.68. The first-order valence-corrected chi connectivity index (χ1v) is 5.30. The summed E-state index contributed by atoms with van der Waals surface area (Å²) in [5, 5.41) is 2.85. The number of amides is 1. The maximum Gasteiger partial charge on any atom is 0.225 e. The highest BCUT2D eigenvalue weighted by Gasteiger charge is 2.24. The molecule has 0 aromatic heterocycles. The summed E-state index contributed by atoms with van der Waals surface area (Å²) < 4.78 is 0.918. The second-order valence-corrected chi connectivity index (χ2v) is 4.24. The Labute approximate surface area is 90.8 Å². The van der Waals surface area contributed by atoms with Gasteiger partial charge in [0.25, 0.3) is 0 Å². The Kier molecular flexibility index (Phi) is 2.56. The standard InChI is InChI=1S/C10H11BrN2O/c11-8-3-1-2-7-6(5-12)4-9(14)13-10(7)8/h1-3,6H,4-5,12H2,(H,13,14).